The van der Waals surface area contributed by atoms with Gasteiger partial charge in [0.2, 0.25) is 5.91 Å². The number of nitrogens with two attached hydrogens (primary N) is 1. The molecule has 4 rings (SSSR count). The number of carbonyl (C=O) groups is 1. The van der Waals surface area contributed by atoms with Crippen molar-refractivity contribution in [3.05, 3.63) is 0 Å². The van der Waals surface area contributed by atoms with Gasteiger partial charge in [0, 0.05) is 24.0 Å². The number of carbonyl (C=O) groups excluding carboxylic acids is 1. The van der Waals surface area contributed by atoms with Gasteiger partial charge in [-0.25, -0.2) is 0 Å². The average molecular weight is 341 g/mol. The zero-order chi connectivity index (χ0) is 15.3. The van der Waals surface area contributed by atoms with E-state index in [1.165, 1.54) is 51.4 Å². The minimum Gasteiger partial charge on any atom is -0.336 e. The number of hydrogen-bond acceptors (Lipinski definition) is 2. The molecule has 1 heterocycles. The van der Waals surface area contributed by atoms with Crippen LogP contribution in [0.3, 0.4) is 0 Å². The van der Waals surface area contributed by atoms with Crippen molar-refractivity contribution in [1.82, 2.24) is 4.90 Å². The maximum atomic E-state index is 13.3. The van der Waals surface area contributed by atoms with Gasteiger partial charge in [-0.2, -0.15) is 0 Å². The molecule has 3 nitrogen and oxygen atoms in total. The van der Waals surface area contributed by atoms with Crippen LogP contribution in [0, 0.1) is 23.7 Å². The Morgan fingerprint density at radius 3 is 2.22 bits per heavy atom. The van der Waals surface area contributed by atoms with Crippen LogP contribution in [-0.2, 0) is 4.79 Å². The summed E-state index contributed by atoms with van der Waals surface area (Å²) in [6.45, 7) is 2.28. The van der Waals surface area contributed by atoms with E-state index in [-0.39, 0.29) is 18.3 Å². The molecule has 5 unspecified atom stereocenters. The lowest BCUT2D eigenvalue weighted by atomic mass is 9.65. The fourth-order valence-electron chi connectivity index (χ4n) is 6.29. The Labute approximate surface area is 147 Å². The lowest BCUT2D eigenvalue weighted by Crippen LogP contribution is -2.52. The molecule has 0 aromatic heterocycles. The zero-order valence-electron chi connectivity index (χ0n) is 14.5. The van der Waals surface area contributed by atoms with E-state index >= 15 is 0 Å². The summed E-state index contributed by atoms with van der Waals surface area (Å²) in [5.41, 5.74) is 6.41. The van der Waals surface area contributed by atoms with Crippen LogP contribution >= 0.6 is 12.4 Å². The van der Waals surface area contributed by atoms with E-state index in [1.54, 1.807) is 0 Å². The lowest BCUT2D eigenvalue weighted by molar-refractivity contribution is -0.142. The molecule has 1 saturated heterocycles. The van der Waals surface area contributed by atoms with E-state index in [1.807, 2.05) is 0 Å². The summed E-state index contributed by atoms with van der Waals surface area (Å²) in [4.78, 5) is 15.6. The molecule has 2 N–H and O–H groups in total. The highest BCUT2D eigenvalue weighted by molar-refractivity contribution is 5.85. The number of nitrogens with zero attached hydrogens (tertiary/aromatic N) is 1. The first-order valence-corrected chi connectivity index (χ1v) is 9.73. The van der Waals surface area contributed by atoms with Gasteiger partial charge in [-0.1, -0.05) is 19.3 Å². The molecule has 0 radical (unpaired) electrons. The molecule has 3 aliphatic carbocycles. The second-order valence-corrected chi connectivity index (χ2v) is 8.64. The fourth-order valence-corrected chi connectivity index (χ4v) is 6.29. The summed E-state index contributed by atoms with van der Waals surface area (Å²) in [7, 11) is 0. The second-order valence-electron chi connectivity index (χ2n) is 8.64. The number of amides is 1. The first-order chi connectivity index (χ1) is 10.6. The molecule has 1 amide bonds. The van der Waals surface area contributed by atoms with Crippen LogP contribution in [0.5, 0.6) is 0 Å². The van der Waals surface area contributed by atoms with Gasteiger partial charge in [-0.05, 0) is 69.6 Å². The lowest BCUT2D eigenvalue weighted by Gasteiger charge is -2.45. The highest BCUT2D eigenvalue weighted by atomic mass is 35.5. The summed E-state index contributed by atoms with van der Waals surface area (Å²) in [5, 5.41) is 0. The van der Waals surface area contributed by atoms with Gasteiger partial charge in [0.05, 0.1) is 0 Å². The van der Waals surface area contributed by atoms with Gasteiger partial charge in [0.15, 0.2) is 0 Å². The third-order valence-electron chi connectivity index (χ3n) is 7.36. The van der Waals surface area contributed by atoms with E-state index in [4.69, 9.17) is 5.73 Å². The predicted molar refractivity (Wildman–Crippen MR) is 95.4 cm³/mol. The van der Waals surface area contributed by atoms with Gasteiger partial charge in [-0.15, -0.1) is 12.4 Å². The molecule has 4 fully saturated rings. The molecule has 4 aliphatic rings. The monoisotopic (exact) mass is 340 g/mol. The minimum absolute atomic E-state index is 0. The Morgan fingerprint density at radius 1 is 0.913 bits per heavy atom. The topological polar surface area (TPSA) is 46.3 Å². The third-order valence-corrected chi connectivity index (χ3v) is 7.36. The number of fused-ring (bicyclic) bond motifs is 3. The van der Waals surface area contributed by atoms with E-state index in [0.29, 0.717) is 35.9 Å². The van der Waals surface area contributed by atoms with Gasteiger partial charge >= 0.3 is 0 Å². The van der Waals surface area contributed by atoms with Crippen molar-refractivity contribution in [2.45, 2.75) is 89.3 Å². The van der Waals surface area contributed by atoms with Gasteiger partial charge in [0.25, 0.3) is 0 Å². The number of likely N-dealkylation sites (tertiary alicyclic amines) is 1. The number of rotatable bonds is 1. The van der Waals surface area contributed by atoms with Crippen LogP contribution in [-0.4, -0.2) is 28.9 Å². The van der Waals surface area contributed by atoms with E-state index in [0.717, 1.165) is 18.8 Å². The predicted octanol–water partition coefficient (Wildman–Crippen LogP) is 3.74. The molecular formula is C19H33ClN2O. The highest BCUT2D eigenvalue weighted by Gasteiger charge is 2.47. The molecule has 23 heavy (non-hydrogen) atoms. The molecule has 2 bridgehead atoms. The molecule has 4 heteroatoms. The largest absolute Gasteiger partial charge is 0.336 e. The smallest absolute Gasteiger partial charge is 0.226 e. The van der Waals surface area contributed by atoms with Gasteiger partial charge in [-0.3, -0.25) is 4.79 Å². The molecule has 0 spiro atoms. The minimum atomic E-state index is 0. The average Bonchev–Trinajstić information content (AvgIpc) is 2.82. The summed E-state index contributed by atoms with van der Waals surface area (Å²) in [6, 6.07) is 1.40. The van der Waals surface area contributed by atoms with Crippen molar-refractivity contribution in [3.63, 3.8) is 0 Å². The number of hydrogen-bond donors (Lipinski definition) is 1. The first kappa shape index (κ1) is 17.5. The first-order valence-electron chi connectivity index (χ1n) is 9.73. The van der Waals surface area contributed by atoms with Crippen molar-refractivity contribution < 1.29 is 4.79 Å². The Hall–Kier alpha value is -0.280. The van der Waals surface area contributed by atoms with Crippen LogP contribution in [0.25, 0.3) is 0 Å². The van der Waals surface area contributed by atoms with Crippen LogP contribution in [0.2, 0.25) is 0 Å². The fraction of sp³-hybridized carbons (Fsp3) is 0.947. The molecule has 1 aliphatic heterocycles. The summed E-state index contributed by atoms with van der Waals surface area (Å²) < 4.78 is 0. The Morgan fingerprint density at radius 2 is 1.52 bits per heavy atom. The van der Waals surface area contributed by atoms with Crippen LogP contribution < -0.4 is 5.73 Å². The maximum Gasteiger partial charge on any atom is 0.226 e. The molecule has 132 valence electrons. The van der Waals surface area contributed by atoms with Crippen molar-refractivity contribution in [2.24, 2.45) is 29.4 Å². The molecular weight excluding hydrogens is 308 g/mol. The number of halogens is 1. The van der Waals surface area contributed by atoms with Crippen molar-refractivity contribution in [1.29, 1.82) is 0 Å². The van der Waals surface area contributed by atoms with Crippen LogP contribution in [0.15, 0.2) is 0 Å². The van der Waals surface area contributed by atoms with E-state index in [9.17, 15) is 4.79 Å². The van der Waals surface area contributed by atoms with E-state index in [2.05, 4.69) is 11.8 Å². The molecule has 0 aromatic rings. The van der Waals surface area contributed by atoms with Crippen LogP contribution in [0.4, 0.5) is 0 Å². The Balaban J connectivity index is 0.00000156. The summed E-state index contributed by atoms with van der Waals surface area (Å²) >= 11 is 0. The normalized spacial score (nSPS) is 46.0. The maximum absolute atomic E-state index is 13.3. The van der Waals surface area contributed by atoms with Gasteiger partial charge in [0.1, 0.15) is 0 Å². The quantitative estimate of drug-likeness (QED) is 0.790. The second kappa shape index (κ2) is 6.92. The van der Waals surface area contributed by atoms with Crippen LogP contribution in [0.1, 0.15) is 71.1 Å². The Kier molecular flexibility index (Phi) is 5.27. The SMILES string of the molecule is CC1CC2CCCCC2N1C(=O)C1CC2CCCC(C1)C2N.Cl. The molecule has 0 aromatic carbocycles. The zero-order valence-corrected chi connectivity index (χ0v) is 15.3. The standard InChI is InChI=1S/C19H32N2O.ClH/c1-12-9-13-5-2-3-8-17(13)21(12)19(22)16-10-14-6-4-7-15(11-16)18(14)20;/h12-18H,2-11,20H2,1H3;1H. The molecule has 5 atom stereocenters. The van der Waals surface area contributed by atoms with Gasteiger partial charge < -0.3 is 10.6 Å². The van der Waals surface area contributed by atoms with Crippen molar-refractivity contribution in [2.75, 3.05) is 0 Å². The Bertz CT molecular complexity index is 429. The van der Waals surface area contributed by atoms with Crippen molar-refractivity contribution in [3.8, 4) is 0 Å². The molecule has 3 saturated carbocycles. The highest BCUT2D eigenvalue weighted by Crippen LogP contribution is 2.45. The summed E-state index contributed by atoms with van der Waals surface area (Å²) in [6.07, 6.45) is 12.5. The third kappa shape index (κ3) is 3.04. The summed E-state index contributed by atoms with van der Waals surface area (Å²) in [5.74, 6) is 2.78. The van der Waals surface area contributed by atoms with E-state index < -0.39 is 0 Å². The van der Waals surface area contributed by atoms with Crippen molar-refractivity contribution >= 4 is 18.3 Å².